The Morgan fingerprint density at radius 2 is 2.11 bits per heavy atom. The van der Waals surface area contributed by atoms with Crippen LogP contribution in [0.25, 0.3) is 0 Å². The number of nitrogens with zero attached hydrogens (tertiary/aromatic N) is 3. The van der Waals surface area contributed by atoms with E-state index in [2.05, 4.69) is 30.1 Å². The highest BCUT2D eigenvalue weighted by Crippen LogP contribution is 2.03. The van der Waals surface area contributed by atoms with E-state index in [-0.39, 0.29) is 5.91 Å². The molecule has 18 heavy (non-hydrogen) atoms. The smallest absolute Gasteiger partial charge is 0.236 e. The lowest BCUT2D eigenvalue weighted by molar-refractivity contribution is -0.133. The molecule has 0 aromatic heterocycles. The molecule has 0 spiro atoms. The summed E-state index contributed by atoms with van der Waals surface area (Å²) >= 11 is 0. The van der Waals surface area contributed by atoms with Crippen molar-refractivity contribution in [3.05, 3.63) is 0 Å². The largest absolute Gasteiger partial charge is 0.340 e. The molecule has 0 aromatic carbocycles. The topological polar surface area (TPSA) is 59.4 Å². The average Bonchev–Trinajstić information content (AvgIpc) is 2.35. The molecule has 5 nitrogen and oxygen atoms in total. The van der Waals surface area contributed by atoms with Crippen LogP contribution in [0.2, 0.25) is 0 Å². The maximum atomic E-state index is 12.2. The molecule has 0 unspecified atom stereocenters. The fraction of sp³-hybridized carbons (Fsp3) is 0.846. The van der Waals surface area contributed by atoms with E-state index >= 15 is 0 Å². The van der Waals surface area contributed by atoms with Crippen LogP contribution in [0.1, 0.15) is 20.3 Å². The zero-order valence-electron chi connectivity index (χ0n) is 11.5. The number of carbonyl (C=O) groups is 1. The molecule has 0 radical (unpaired) electrons. The highest BCUT2D eigenvalue weighted by atomic mass is 16.2. The molecule has 1 rings (SSSR count). The van der Waals surface area contributed by atoms with Gasteiger partial charge in [0.1, 0.15) is 0 Å². The van der Waals surface area contributed by atoms with Crippen LogP contribution >= 0.6 is 0 Å². The number of nitrogens with one attached hydrogen (secondary N) is 1. The van der Waals surface area contributed by atoms with Gasteiger partial charge >= 0.3 is 0 Å². The third kappa shape index (κ3) is 5.48. The van der Waals surface area contributed by atoms with Gasteiger partial charge in [0, 0.05) is 39.3 Å². The van der Waals surface area contributed by atoms with Crippen LogP contribution in [0.4, 0.5) is 0 Å². The molecule has 1 amide bonds. The van der Waals surface area contributed by atoms with Gasteiger partial charge in [-0.1, -0.05) is 13.8 Å². The number of hydrogen-bond acceptors (Lipinski definition) is 4. The Labute approximate surface area is 110 Å². The number of hydrogen-bond donors (Lipinski definition) is 1. The Morgan fingerprint density at radius 1 is 1.44 bits per heavy atom. The lowest BCUT2D eigenvalue weighted by Crippen LogP contribution is -2.49. The van der Waals surface area contributed by atoms with E-state index in [1.54, 1.807) is 0 Å². The van der Waals surface area contributed by atoms with Gasteiger partial charge in [-0.15, -0.1) is 0 Å². The van der Waals surface area contributed by atoms with E-state index < -0.39 is 0 Å². The molecule has 102 valence electrons. The average molecular weight is 252 g/mol. The van der Waals surface area contributed by atoms with Gasteiger partial charge in [0.25, 0.3) is 0 Å². The van der Waals surface area contributed by atoms with Crippen molar-refractivity contribution in [2.75, 3.05) is 45.8 Å². The van der Waals surface area contributed by atoms with E-state index in [9.17, 15) is 4.79 Å². The molecule has 0 bridgehead atoms. The SMILES string of the molecule is CC(C)CN(CCC#N)C(=O)CN1CCNCC1. The van der Waals surface area contributed by atoms with Crippen LogP contribution < -0.4 is 5.32 Å². The Bertz CT molecular complexity index is 292. The van der Waals surface area contributed by atoms with Crippen molar-refractivity contribution in [1.82, 2.24) is 15.1 Å². The Hall–Kier alpha value is -1.12. The maximum Gasteiger partial charge on any atom is 0.236 e. The van der Waals surface area contributed by atoms with Crippen molar-refractivity contribution in [3.63, 3.8) is 0 Å². The fourth-order valence-corrected chi connectivity index (χ4v) is 2.10. The van der Waals surface area contributed by atoms with E-state index in [4.69, 9.17) is 5.26 Å². The molecule has 1 N–H and O–H groups in total. The summed E-state index contributed by atoms with van der Waals surface area (Å²) in [6, 6.07) is 2.11. The standard InChI is InChI=1S/C13H24N4O/c1-12(2)10-17(7-3-4-14)13(18)11-16-8-5-15-6-9-16/h12,15H,3,5-11H2,1-2H3. The van der Waals surface area contributed by atoms with E-state index in [1.807, 2.05) is 4.90 Å². The van der Waals surface area contributed by atoms with Crippen LogP contribution in [0.15, 0.2) is 0 Å². The highest BCUT2D eigenvalue weighted by Gasteiger charge is 2.19. The number of piperazine rings is 1. The molecule has 1 heterocycles. The molecule has 0 aromatic rings. The molecule has 0 atom stereocenters. The molecular weight excluding hydrogens is 228 g/mol. The first-order valence-corrected chi connectivity index (χ1v) is 6.71. The third-order valence-corrected chi connectivity index (χ3v) is 3.00. The van der Waals surface area contributed by atoms with Gasteiger partial charge in [-0.25, -0.2) is 0 Å². The minimum absolute atomic E-state index is 0.154. The second kappa shape index (κ2) is 8.06. The first-order valence-electron chi connectivity index (χ1n) is 6.71. The van der Waals surface area contributed by atoms with Crippen molar-refractivity contribution >= 4 is 5.91 Å². The van der Waals surface area contributed by atoms with Gasteiger partial charge in [0.05, 0.1) is 19.0 Å². The predicted molar refractivity (Wildman–Crippen MR) is 71.0 cm³/mol. The van der Waals surface area contributed by atoms with Crippen molar-refractivity contribution in [1.29, 1.82) is 5.26 Å². The zero-order chi connectivity index (χ0) is 13.4. The minimum Gasteiger partial charge on any atom is -0.340 e. The molecule has 0 aliphatic carbocycles. The molecule has 0 saturated carbocycles. The van der Waals surface area contributed by atoms with Crippen molar-refractivity contribution in [2.45, 2.75) is 20.3 Å². The molecule has 1 aliphatic rings. The summed E-state index contributed by atoms with van der Waals surface area (Å²) < 4.78 is 0. The van der Waals surface area contributed by atoms with Crippen LogP contribution in [-0.2, 0) is 4.79 Å². The molecule has 5 heteroatoms. The Balaban J connectivity index is 2.44. The summed E-state index contributed by atoms with van der Waals surface area (Å²) in [6.07, 6.45) is 0.417. The number of amides is 1. The van der Waals surface area contributed by atoms with Gasteiger partial charge in [-0.3, -0.25) is 9.69 Å². The van der Waals surface area contributed by atoms with Crippen LogP contribution in [0, 0.1) is 17.2 Å². The fourth-order valence-electron chi connectivity index (χ4n) is 2.10. The summed E-state index contributed by atoms with van der Waals surface area (Å²) in [4.78, 5) is 16.2. The van der Waals surface area contributed by atoms with Gasteiger partial charge in [-0.05, 0) is 5.92 Å². The third-order valence-electron chi connectivity index (χ3n) is 3.00. The van der Waals surface area contributed by atoms with E-state index in [1.165, 1.54) is 0 Å². The summed E-state index contributed by atoms with van der Waals surface area (Å²) in [5.41, 5.74) is 0. The van der Waals surface area contributed by atoms with Gasteiger partial charge in [0.2, 0.25) is 5.91 Å². The predicted octanol–water partition coefficient (Wildman–Crippen LogP) is 0.290. The van der Waals surface area contributed by atoms with Crippen LogP contribution in [0.3, 0.4) is 0 Å². The van der Waals surface area contributed by atoms with Gasteiger partial charge < -0.3 is 10.2 Å². The van der Waals surface area contributed by atoms with E-state index in [0.717, 1.165) is 32.7 Å². The molecule has 1 fully saturated rings. The molecule has 1 saturated heterocycles. The van der Waals surface area contributed by atoms with Crippen molar-refractivity contribution in [2.24, 2.45) is 5.92 Å². The van der Waals surface area contributed by atoms with Crippen LogP contribution in [-0.4, -0.2) is 61.5 Å². The Morgan fingerprint density at radius 3 is 2.67 bits per heavy atom. The highest BCUT2D eigenvalue weighted by molar-refractivity contribution is 5.78. The first kappa shape index (κ1) is 14.9. The number of nitriles is 1. The zero-order valence-corrected chi connectivity index (χ0v) is 11.5. The summed E-state index contributed by atoms with van der Waals surface area (Å²) in [7, 11) is 0. The number of rotatable bonds is 6. The second-order valence-electron chi connectivity index (χ2n) is 5.17. The summed E-state index contributed by atoms with van der Waals surface area (Å²) in [5.74, 6) is 0.594. The lowest BCUT2D eigenvalue weighted by atomic mass is 10.2. The Kier molecular flexibility index (Phi) is 6.69. The monoisotopic (exact) mass is 252 g/mol. The van der Waals surface area contributed by atoms with Crippen molar-refractivity contribution < 1.29 is 4.79 Å². The molecule has 1 aliphatic heterocycles. The minimum atomic E-state index is 0.154. The van der Waals surface area contributed by atoms with Gasteiger partial charge in [0.15, 0.2) is 0 Å². The van der Waals surface area contributed by atoms with Crippen molar-refractivity contribution in [3.8, 4) is 6.07 Å². The van der Waals surface area contributed by atoms with E-state index in [0.29, 0.717) is 25.4 Å². The van der Waals surface area contributed by atoms with Crippen LogP contribution in [0.5, 0.6) is 0 Å². The second-order valence-corrected chi connectivity index (χ2v) is 5.17. The quantitative estimate of drug-likeness (QED) is 0.738. The number of carbonyl (C=O) groups excluding carboxylic acids is 1. The van der Waals surface area contributed by atoms with Gasteiger partial charge in [-0.2, -0.15) is 5.26 Å². The molecular formula is C13H24N4O. The summed E-state index contributed by atoms with van der Waals surface area (Å²) in [6.45, 7) is 9.74. The first-order chi connectivity index (χ1) is 8.63. The lowest BCUT2D eigenvalue weighted by Gasteiger charge is -2.30. The summed E-state index contributed by atoms with van der Waals surface area (Å²) in [5, 5.41) is 11.9. The maximum absolute atomic E-state index is 12.2. The normalized spacial score (nSPS) is 16.6.